The van der Waals surface area contributed by atoms with Gasteiger partial charge in [-0.15, -0.1) is 11.8 Å². The number of pyridine rings is 1. The summed E-state index contributed by atoms with van der Waals surface area (Å²) in [5.41, 5.74) is 1.14. The van der Waals surface area contributed by atoms with Crippen molar-refractivity contribution < 1.29 is 4.79 Å². The van der Waals surface area contributed by atoms with Crippen LogP contribution in [0.1, 0.15) is 10.9 Å². The second-order valence-electron chi connectivity index (χ2n) is 4.79. The topological polar surface area (TPSA) is 57.3 Å². The molecule has 0 saturated carbocycles. The Morgan fingerprint density at radius 2 is 2.26 bits per heavy atom. The molecule has 2 fully saturated rings. The van der Waals surface area contributed by atoms with Gasteiger partial charge >= 0.3 is 0 Å². The van der Waals surface area contributed by atoms with E-state index >= 15 is 0 Å². The molecule has 19 heavy (non-hydrogen) atoms. The molecule has 3 rings (SSSR count). The van der Waals surface area contributed by atoms with Crippen molar-refractivity contribution in [2.24, 2.45) is 0 Å². The molecule has 1 aromatic heterocycles. The number of carbonyl (C=O) groups is 1. The smallest absolute Gasteiger partial charge is 0.240 e. The van der Waals surface area contributed by atoms with Crippen LogP contribution in [0.5, 0.6) is 0 Å². The summed E-state index contributed by atoms with van der Waals surface area (Å²) in [6, 6.07) is 3.92. The van der Waals surface area contributed by atoms with Crippen LogP contribution in [0.4, 0.5) is 0 Å². The number of rotatable bonds is 2. The van der Waals surface area contributed by atoms with Crippen LogP contribution >= 0.6 is 11.8 Å². The van der Waals surface area contributed by atoms with Gasteiger partial charge in [0.25, 0.3) is 0 Å². The zero-order valence-corrected chi connectivity index (χ0v) is 11.5. The fraction of sp³-hybridized carbons (Fsp3) is 0.538. The third-order valence-corrected chi connectivity index (χ3v) is 4.76. The molecular formula is C13H18N4OS. The largest absolute Gasteiger partial charge is 0.339 e. The van der Waals surface area contributed by atoms with Crippen LogP contribution in [0, 0.1) is 0 Å². The molecule has 0 radical (unpaired) electrons. The maximum absolute atomic E-state index is 12.4. The summed E-state index contributed by atoms with van der Waals surface area (Å²) in [4.78, 5) is 18.5. The number of thioether (sulfide) groups is 1. The molecule has 2 saturated heterocycles. The number of nitrogens with zero attached hydrogens (tertiary/aromatic N) is 2. The number of hydrogen-bond acceptors (Lipinski definition) is 5. The summed E-state index contributed by atoms with van der Waals surface area (Å²) in [6.45, 7) is 3.44. The highest BCUT2D eigenvalue weighted by Gasteiger charge is 2.33. The Morgan fingerprint density at radius 1 is 1.42 bits per heavy atom. The highest BCUT2D eigenvalue weighted by atomic mass is 32.2. The normalized spacial score (nSPS) is 27.5. The van der Waals surface area contributed by atoms with E-state index in [0.29, 0.717) is 0 Å². The molecule has 102 valence electrons. The Balaban J connectivity index is 1.61. The van der Waals surface area contributed by atoms with E-state index in [4.69, 9.17) is 0 Å². The Kier molecular flexibility index (Phi) is 4.00. The van der Waals surface area contributed by atoms with Crippen LogP contribution in [0.15, 0.2) is 24.5 Å². The molecule has 3 heterocycles. The third kappa shape index (κ3) is 2.91. The van der Waals surface area contributed by atoms with Gasteiger partial charge in [0.1, 0.15) is 0 Å². The van der Waals surface area contributed by atoms with Gasteiger partial charge in [0, 0.05) is 44.3 Å². The van der Waals surface area contributed by atoms with Crippen LogP contribution in [0.25, 0.3) is 0 Å². The summed E-state index contributed by atoms with van der Waals surface area (Å²) in [5, 5.41) is 6.87. The van der Waals surface area contributed by atoms with Crippen molar-refractivity contribution in [3.8, 4) is 0 Å². The maximum Gasteiger partial charge on any atom is 0.240 e. The molecule has 0 spiro atoms. The van der Waals surface area contributed by atoms with E-state index in [-0.39, 0.29) is 17.3 Å². The zero-order valence-electron chi connectivity index (χ0n) is 10.7. The average molecular weight is 278 g/mol. The van der Waals surface area contributed by atoms with E-state index in [1.807, 2.05) is 17.2 Å². The molecule has 0 aromatic carbocycles. The second-order valence-corrected chi connectivity index (χ2v) is 5.93. The number of amides is 1. The number of aromatic nitrogens is 1. The monoisotopic (exact) mass is 278 g/mol. The van der Waals surface area contributed by atoms with Gasteiger partial charge in [-0.25, -0.2) is 0 Å². The van der Waals surface area contributed by atoms with Crippen molar-refractivity contribution in [3.63, 3.8) is 0 Å². The molecule has 1 amide bonds. The summed E-state index contributed by atoms with van der Waals surface area (Å²) < 4.78 is 0. The van der Waals surface area contributed by atoms with Gasteiger partial charge in [-0.3, -0.25) is 15.1 Å². The molecule has 2 aliphatic heterocycles. The first-order chi connectivity index (χ1) is 9.34. The van der Waals surface area contributed by atoms with E-state index in [0.717, 1.165) is 37.5 Å². The summed E-state index contributed by atoms with van der Waals surface area (Å²) in [6.07, 6.45) is 3.63. The predicted molar refractivity (Wildman–Crippen MR) is 75.8 cm³/mol. The maximum atomic E-state index is 12.4. The molecular weight excluding hydrogens is 260 g/mol. The van der Waals surface area contributed by atoms with Gasteiger partial charge in [0.15, 0.2) is 0 Å². The number of nitrogens with one attached hydrogen (secondary N) is 2. The third-order valence-electron chi connectivity index (χ3n) is 3.50. The molecule has 1 unspecified atom stereocenters. The molecule has 5 nitrogen and oxygen atoms in total. The number of hydrogen-bond donors (Lipinski definition) is 2. The summed E-state index contributed by atoms with van der Waals surface area (Å²) >= 11 is 1.78. The number of carbonyl (C=O) groups excluding carboxylic acids is 1. The van der Waals surface area contributed by atoms with Crippen LogP contribution in [-0.4, -0.2) is 53.8 Å². The number of piperazine rings is 1. The molecule has 2 atom stereocenters. The standard InChI is InChI=1S/C13H18N4OS/c18-13(17-6-4-14-5-7-17)11-9-19-12(16-11)10-2-1-3-15-8-10/h1-3,8,11-12,14,16H,4-7,9H2/t11-,12?/m0/s1. The molecule has 2 aliphatic rings. The second kappa shape index (κ2) is 5.90. The van der Waals surface area contributed by atoms with Crippen LogP contribution < -0.4 is 10.6 Å². The van der Waals surface area contributed by atoms with E-state index in [2.05, 4.69) is 21.7 Å². The van der Waals surface area contributed by atoms with Crippen molar-refractivity contribution in [3.05, 3.63) is 30.1 Å². The quantitative estimate of drug-likeness (QED) is 0.810. The summed E-state index contributed by atoms with van der Waals surface area (Å²) in [5.74, 6) is 1.07. The highest BCUT2D eigenvalue weighted by molar-refractivity contribution is 7.99. The Morgan fingerprint density at radius 3 is 3.00 bits per heavy atom. The van der Waals surface area contributed by atoms with Gasteiger partial charge in [-0.2, -0.15) is 0 Å². The molecule has 0 aliphatic carbocycles. The minimum atomic E-state index is -0.0618. The molecule has 0 bridgehead atoms. The van der Waals surface area contributed by atoms with Gasteiger partial charge < -0.3 is 10.2 Å². The lowest BCUT2D eigenvalue weighted by atomic mass is 10.2. The summed E-state index contributed by atoms with van der Waals surface area (Å²) in [7, 11) is 0. The van der Waals surface area contributed by atoms with Gasteiger partial charge in [-0.05, 0) is 11.6 Å². The lowest BCUT2D eigenvalue weighted by molar-refractivity contribution is -0.133. The first-order valence-electron chi connectivity index (χ1n) is 6.62. The predicted octanol–water partition coefficient (Wildman–Crippen LogP) is 0.217. The average Bonchev–Trinajstić information content (AvgIpc) is 2.98. The van der Waals surface area contributed by atoms with Gasteiger partial charge in [0.05, 0.1) is 11.4 Å². The van der Waals surface area contributed by atoms with Gasteiger partial charge in [0.2, 0.25) is 5.91 Å². The molecule has 2 N–H and O–H groups in total. The molecule has 6 heteroatoms. The minimum absolute atomic E-state index is 0.0618. The highest BCUT2D eigenvalue weighted by Crippen LogP contribution is 2.32. The van der Waals surface area contributed by atoms with Crippen LogP contribution in [-0.2, 0) is 4.79 Å². The van der Waals surface area contributed by atoms with Gasteiger partial charge in [-0.1, -0.05) is 6.07 Å². The van der Waals surface area contributed by atoms with Crippen molar-refractivity contribution in [2.75, 3.05) is 31.9 Å². The van der Waals surface area contributed by atoms with Crippen molar-refractivity contribution in [2.45, 2.75) is 11.4 Å². The molecule has 1 aromatic rings. The first-order valence-corrected chi connectivity index (χ1v) is 7.66. The van der Waals surface area contributed by atoms with Crippen LogP contribution in [0.2, 0.25) is 0 Å². The lowest BCUT2D eigenvalue weighted by Gasteiger charge is -2.29. The van der Waals surface area contributed by atoms with E-state index in [9.17, 15) is 4.79 Å². The van der Waals surface area contributed by atoms with E-state index in [1.54, 1.807) is 18.0 Å². The van der Waals surface area contributed by atoms with Crippen molar-refractivity contribution in [1.29, 1.82) is 0 Å². The van der Waals surface area contributed by atoms with E-state index < -0.39 is 0 Å². The first kappa shape index (κ1) is 12.9. The SMILES string of the molecule is O=C([C@@H]1CSC(c2cccnc2)N1)N1CCNCC1. The van der Waals surface area contributed by atoms with Crippen molar-refractivity contribution >= 4 is 17.7 Å². The lowest BCUT2D eigenvalue weighted by Crippen LogP contribution is -2.52. The van der Waals surface area contributed by atoms with Crippen LogP contribution in [0.3, 0.4) is 0 Å². The Labute approximate surface area is 117 Å². The van der Waals surface area contributed by atoms with Crippen molar-refractivity contribution in [1.82, 2.24) is 20.5 Å². The Hall–Kier alpha value is -1.11. The zero-order chi connectivity index (χ0) is 13.1. The fourth-order valence-corrected chi connectivity index (χ4v) is 3.66. The van der Waals surface area contributed by atoms with E-state index in [1.165, 1.54) is 0 Å². The Bertz CT molecular complexity index is 436. The fourth-order valence-electron chi connectivity index (χ4n) is 2.44. The minimum Gasteiger partial charge on any atom is -0.339 e.